The molecule has 0 fully saturated rings. The lowest BCUT2D eigenvalue weighted by Gasteiger charge is -2.07. The zero-order valence-corrected chi connectivity index (χ0v) is 10.3. The number of fused-ring (bicyclic) bond motifs is 1. The van der Waals surface area contributed by atoms with Crippen LogP contribution in [0.3, 0.4) is 0 Å². The highest BCUT2D eigenvalue weighted by atomic mass is 16.5. The largest absolute Gasteiger partial charge is 0.492 e. The van der Waals surface area contributed by atoms with Gasteiger partial charge in [0, 0.05) is 12.0 Å². The van der Waals surface area contributed by atoms with E-state index >= 15 is 0 Å². The van der Waals surface area contributed by atoms with Crippen LogP contribution in [-0.2, 0) is 14.3 Å². The minimum Gasteiger partial charge on any atom is -0.492 e. The first kappa shape index (κ1) is 12.6. The van der Waals surface area contributed by atoms with Crippen LogP contribution in [0.4, 0.5) is 0 Å². The molecule has 1 aromatic carbocycles. The van der Waals surface area contributed by atoms with E-state index in [2.05, 4.69) is 0 Å². The van der Waals surface area contributed by atoms with Gasteiger partial charge in [-0.1, -0.05) is 18.2 Å². The first-order valence-electron chi connectivity index (χ1n) is 6.12. The molecule has 96 valence electrons. The first-order chi connectivity index (χ1) is 8.72. The molecule has 4 nitrogen and oxygen atoms in total. The number of rotatable bonds is 5. The van der Waals surface area contributed by atoms with Crippen LogP contribution in [0, 0.1) is 0 Å². The fourth-order valence-corrected chi connectivity index (χ4v) is 2.06. The Morgan fingerprint density at radius 3 is 2.89 bits per heavy atom. The number of carbonyl (C=O) groups excluding carboxylic acids is 2. The summed E-state index contributed by atoms with van der Waals surface area (Å²) in [7, 11) is 0. The summed E-state index contributed by atoms with van der Waals surface area (Å²) in [6.07, 6.45) is 0.354. The maximum atomic E-state index is 12.0. The lowest BCUT2D eigenvalue weighted by atomic mass is 9.94. The van der Waals surface area contributed by atoms with Crippen molar-refractivity contribution in [2.24, 2.45) is 0 Å². The Kier molecular flexibility index (Phi) is 3.97. The molecule has 1 aliphatic rings. The van der Waals surface area contributed by atoms with Crippen LogP contribution < -0.4 is 4.74 Å². The van der Waals surface area contributed by atoms with E-state index in [4.69, 9.17) is 9.47 Å². The van der Waals surface area contributed by atoms with Crippen molar-refractivity contribution in [3.05, 3.63) is 29.8 Å². The standard InChI is InChI=1S/C14H16O4/c1-2-17-14(16)8-7-12(15)11-9-18-13-6-4-3-5-10(11)13/h3-6,11H,2,7-9H2,1H3. The van der Waals surface area contributed by atoms with Gasteiger partial charge in [-0.05, 0) is 13.0 Å². The van der Waals surface area contributed by atoms with E-state index < -0.39 is 0 Å². The highest BCUT2D eigenvalue weighted by Crippen LogP contribution is 2.34. The van der Waals surface area contributed by atoms with E-state index in [1.165, 1.54) is 0 Å². The quantitative estimate of drug-likeness (QED) is 0.748. The summed E-state index contributed by atoms with van der Waals surface area (Å²) in [5, 5.41) is 0. The highest BCUT2D eigenvalue weighted by molar-refractivity contribution is 5.89. The topological polar surface area (TPSA) is 52.6 Å². The smallest absolute Gasteiger partial charge is 0.306 e. The van der Waals surface area contributed by atoms with Crippen LogP contribution >= 0.6 is 0 Å². The van der Waals surface area contributed by atoms with Crippen molar-refractivity contribution in [2.75, 3.05) is 13.2 Å². The van der Waals surface area contributed by atoms with Gasteiger partial charge < -0.3 is 9.47 Å². The summed E-state index contributed by atoms with van der Waals surface area (Å²) in [6.45, 7) is 2.48. The summed E-state index contributed by atoms with van der Waals surface area (Å²) in [6, 6.07) is 7.52. The summed E-state index contributed by atoms with van der Waals surface area (Å²) >= 11 is 0. The van der Waals surface area contributed by atoms with E-state index in [0.29, 0.717) is 13.2 Å². The average Bonchev–Trinajstić information content (AvgIpc) is 2.80. The van der Waals surface area contributed by atoms with E-state index in [-0.39, 0.29) is 30.5 Å². The van der Waals surface area contributed by atoms with Gasteiger partial charge in [0.1, 0.15) is 18.1 Å². The zero-order chi connectivity index (χ0) is 13.0. The molecule has 0 bridgehead atoms. The molecule has 0 spiro atoms. The lowest BCUT2D eigenvalue weighted by molar-refractivity contribution is -0.144. The molecular formula is C14H16O4. The molecule has 1 aromatic rings. The molecule has 1 heterocycles. The van der Waals surface area contributed by atoms with Crippen molar-refractivity contribution in [1.82, 2.24) is 0 Å². The Morgan fingerprint density at radius 2 is 2.11 bits per heavy atom. The number of para-hydroxylation sites is 1. The fourth-order valence-electron chi connectivity index (χ4n) is 2.06. The zero-order valence-electron chi connectivity index (χ0n) is 10.3. The maximum absolute atomic E-state index is 12.0. The molecule has 0 N–H and O–H groups in total. The predicted octanol–water partition coefficient (Wildman–Crippen LogP) is 2.08. The van der Waals surface area contributed by atoms with Crippen LogP contribution in [0.25, 0.3) is 0 Å². The van der Waals surface area contributed by atoms with Crippen molar-refractivity contribution in [1.29, 1.82) is 0 Å². The van der Waals surface area contributed by atoms with Gasteiger partial charge in [-0.25, -0.2) is 0 Å². The molecule has 2 rings (SSSR count). The molecule has 0 radical (unpaired) electrons. The fraction of sp³-hybridized carbons (Fsp3) is 0.429. The molecule has 0 aromatic heterocycles. The Bertz CT molecular complexity index is 453. The van der Waals surface area contributed by atoms with Gasteiger partial charge in [0.05, 0.1) is 18.9 Å². The van der Waals surface area contributed by atoms with Crippen LogP contribution in [0.1, 0.15) is 31.2 Å². The normalized spacial score (nSPS) is 16.8. The van der Waals surface area contributed by atoms with Crippen molar-refractivity contribution in [3.63, 3.8) is 0 Å². The number of ketones is 1. The van der Waals surface area contributed by atoms with E-state index in [9.17, 15) is 9.59 Å². The Labute approximate surface area is 106 Å². The molecule has 1 atom stereocenters. The van der Waals surface area contributed by atoms with Gasteiger partial charge >= 0.3 is 5.97 Å². The second-order valence-electron chi connectivity index (χ2n) is 4.17. The van der Waals surface area contributed by atoms with Gasteiger partial charge in [-0.2, -0.15) is 0 Å². The summed E-state index contributed by atoms with van der Waals surface area (Å²) in [4.78, 5) is 23.2. The van der Waals surface area contributed by atoms with Crippen molar-refractivity contribution in [3.8, 4) is 5.75 Å². The number of hydrogen-bond donors (Lipinski definition) is 0. The molecule has 0 aliphatic carbocycles. The van der Waals surface area contributed by atoms with Gasteiger partial charge in [0.25, 0.3) is 0 Å². The maximum Gasteiger partial charge on any atom is 0.306 e. The Balaban J connectivity index is 1.93. The molecule has 0 saturated heterocycles. The summed E-state index contributed by atoms with van der Waals surface area (Å²) in [5.74, 6) is 0.244. The first-order valence-corrected chi connectivity index (χ1v) is 6.12. The number of hydrogen-bond acceptors (Lipinski definition) is 4. The number of Topliss-reactive ketones (excluding diaryl/α,β-unsaturated/α-hetero) is 1. The van der Waals surface area contributed by atoms with Gasteiger partial charge in [-0.15, -0.1) is 0 Å². The third-order valence-corrected chi connectivity index (χ3v) is 2.97. The van der Waals surface area contributed by atoms with Crippen LogP contribution in [0.5, 0.6) is 5.75 Å². The molecule has 0 amide bonds. The number of esters is 1. The second-order valence-corrected chi connectivity index (χ2v) is 4.17. The number of carbonyl (C=O) groups is 2. The minimum absolute atomic E-state index is 0.0352. The predicted molar refractivity (Wildman–Crippen MR) is 65.6 cm³/mol. The van der Waals surface area contributed by atoms with E-state index in [1.807, 2.05) is 24.3 Å². The molecular weight excluding hydrogens is 232 g/mol. The average molecular weight is 248 g/mol. The van der Waals surface area contributed by atoms with Crippen LogP contribution in [0.2, 0.25) is 0 Å². The minimum atomic E-state index is -0.321. The highest BCUT2D eigenvalue weighted by Gasteiger charge is 2.29. The molecule has 1 aliphatic heterocycles. The Hall–Kier alpha value is -1.84. The van der Waals surface area contributed by atoms with Crippen LogP contribution in [0.15, 0.2) is 24.3 Å². The van der Waals surface area contributed by atoms with Crippen molar-refractivity contribution in [2.45, 2.75) is 25.7 Å². The van der Waals surface area contributed by atoms with Gasteiger partial charge in [-0.3, -0.25) is 9.59 Å². The molecule has 4 heteroatoms. The molecule has 1 unspecified atom stereocenters. The monoisotopic (exact) mass is 248 g/mol. The SMILES string of the molecule is CCOC(=O)CCC(=O)C1COc2ccccc21. The van der Waals surface area contributed by atoms with Gasteiger partial charge in [0.2, 0.25) is 0 Å². The third-order valence-electron chi connectivity index (χ3n) is 2.97. The van der Waals surface area contributed by atoms with Crippen molar-refractivity contribution >= 4 is 11.8 Å². The van der Waals surface area contributed by atoms with Crippen molar-refractivity contribution < 1.29 is 19.1 Å². The van der Waals surface area contributed by atoms with Crippen LogP contribution in [-0.4, -0.2) is 25.0 Å². The number of ether oxygens (including phenoxy) is 2. The third kappa shape index (κ3) is 2.70. The van der Waals surface area contributed by atoms with Gasteiger partial charge in [0.15, 0.2) is 0 Å². The number of benzene rings is 1. The van der Waals surface area contributed by atoms with E-state index in [0.717, 1.165) is 11.3 Å². The van der Waals surface area contributed by atoms with E-state index in [1.54, 1.807) is 6.92 Å². The molecule has 18 heavy (non-hydrogen) atoms. The summed E-state index contributed by atoms with van der Waals surface area (Å²) in [5.41, 5.74) is 0.923. The molecule has 0 saturated carbocycles. The summed E-state index contributed by atoms with van der Waals surface area (Å²) < 4.78 is 10.3. The lowest BCUT2D eigenvalue weighted by Crippen LogP contribution is -2.16. The Morgan fingerprint density at radius 1 is 1.33 bits per heavy atom. The second kappa shape index (κ2) is 5.67.